The lowest BCUT2D eigenvalue weighted by Crippen LogP contribution is -2.32. The maximum Gasteiger partial charge on any atom is 0.162 e. The summed E-state index contributed by atoms with van der Waals surface area (Å²) in [6.07, 6.45) is 0. The number of anilines is 1. The first-order valence-electron chi connectivity index (χ1n) is 6.39. The molecular formula is C14H23NO4S. The van der Waals surface area contributed by atoms with Gasteiger partial charge in [0.2, 0.25) is 0 Å². The number of hydrogen-bond donors (Lipinski definition) is 1. The van der Waals surface area contributed by atoms with Gasteiger partial charge >= 0.3 is 0 Å². The van der Waals surface area contributed by atoms with Gasteiger partial charge in [0, 0.05) is 18.3 Å². The number of hydrogen-bond acceptors (Lipinski definition) is 5. The Balaban J connectivity index is 2.68. The van der Waals surface area contributed by atoms with Crippen LogP contribution in [0.15, 0.2) is 18.2 Å². The third-order valence-electron chi connectivity index (χ3n) is 3.02. The van der Waals surface area contributed by atoms with E-state index in [4.69, 9.17) is 9.47 Å². The quantitative estimate of drug-likeness (QED) is 0.873. The Kier molecular flexibility index (Phi) is 5.28. The van der Waals surface area contributed by atoms with E-state index in [-0.39, 0.29) is 5.75 Å². The van der Waals surface area contributed by atoms with Crippen LogP contribution in [0.2, 0.25) is 0 Å². The molecule has 0 aliphatic heterocycles. The number of benzene rings is 1. The predicted octanol–water partition coefficient (Wildman–Crippen LogP) is 2.33. The van der Waals surface area contributed by atoms with Crippen molar-refractivity contribution in [2.75, 3.05) is 31.8 Å². The molecule has 0 aliphatic carbocycles. The SMILES string of the molecule is COc1ccc(NCCS(=O)(=O)C(C)(C)C)cc1OC. The molecule has 6 heteroatoms. The predicted molar refractivity (Wildman–Crippen MR) is 81.6 cm³/mol. The van der Waals surface area contributed by atoms with Crippen LogP contribution in [0.4, 0.5) is 5.69 Å². The fourth-order valence-corrected chi connectivity index (χ4v) is 2.57. The molecule has 20 heavy (non-hydrogen) atoms. The van der Waals surface area contributed by atoms with Crippen LogP contribution in [0.1, 0.15) is 20.8 Å². The molecule has 1 aromatic carbocycles. The summed E-state index contributed by atoms with van der Waals surface area (Å²) in [5.74, 6) is 1.33. The van der Waals surface area contributed by atoms with Crippen LogP contribution in [0.3, 0.4) is 0 Å². The van der Waals surface area contributed by atoms with E-state index in [2.05, 4.69) is 5.32 Å². The summed E-state index contributed by atoms with van der Waals surface area (Å²) in [6.45, 7) is 5.48. The van der Waals surface area contributed by atoms with Crippen molar-refractivity contribution >= 4 is 15.5 Å². The molecule has 0 unspecified atom stereocenters. The highest BCUT2D eigenvalue weighted by molar-refractivity contribution is 7.92. The average Bonchev–Trinajstić information content (AvgIpc) is 2.37. The maximum atomic E-state index is 12.0. The van der Waals surface area contributed by atoms with Gasteiger partial charge in [-0.3, -0.25) is 0 Å². The fourth-order valence-electron chi connectivity index (χ4n) is 1.58. The second kappa shape index (κ2) is 6.35. The molecule has 1 rings (SSSR count). The molecule has 0 spiro atoms. The molecule has 1 aromatic rings. The van der Waals surface area contributed by atoms with Gasteiger partial charge in [-0.05, 0) is 32.9 Å². The highest BCUT2D eigenvalue weighted by Gasteiger charge is 2.28. The number of methoxy groups -OCH3 is 2. The molecule has 0 radical (unpaired) electrons. The average molecular weight is 301 g/mol. The molecule has 5 nitrogen and oxygen atoms in total. The fraction of sp³-hybridized carbons (Fsp3) is 0.571. The van der Waals surface area contributed by atoms with Gasteiger partial charge < -0.3 is 14.8 Å². The monoisotopic (exact) mass is 301 g/mol. The summed E-state index contributed by atoms with van der Waals surface area (Å²) in [4.78, 5) is 0. The van der Waals surface area contributed by atoms with Crippen LogP contribution in [0.5, 0.6) is 11.5 Å². The Morgan fingerprint density at radius 2 is 1.70 bits per heavy atom. The lowest BCUT2D eigenvalue weighted by atomic mass is 10.2. The van der Waals surface area contributed by atoms with Crippen LogP contribution in [0.25, 0.3) is 0 Å². The van der Waals surface area contributed by atoms with Gasteiger partial charge in [-0.1, -0.05) is 0 Å². The van der Waals surface area contributed by atoms with E-state index in [1.54, 1.807) is 47.1 Å². The van der Waals surface area contributed by atoms with E-state index in [9.17, 15) is 8.42 Å². The summed E-state index contributed by atoms with van der Waals surface area (Å²) in [5, 5.41) is 3.08. The van der Waals surface area contributed by atoms with Crippen molar-refractivity contribution in [3.05, 3.63) is 18.2 Å². The molecule has 0 amide bonds. The zero-order valence-electron chi connectivity index (χ0n) is 12.7. The van der Waals surface area contributed by atoms with Crippen LogP contribution < -0.4 is 14.8 Å². The standard InChI is InChI=1S/C14H23NO4S/c1-14(2,3)20(16,17)9-8-15-11-6-7-12(18-4)13(10-11)19-5/h6-7,10,15H,8-9H2,1-5H3. The number of rotatable bonds is 6. The molecule has 0 saturated heterocycles. The van der Waals surface area contributed by atoms with E-state index in [1.807, 2.05) is 6.07 Å². The Labute approximate surface area is 121 Å². The van der Waals surface area contributed by atoms with Gasteiger partial charge in [-0.25, -0.2) is 8.42 Å². The first-order valence-corrected chi connectivity index (χ1v) is 8.04. The minimum atomic E-state index is -3.11. The zero-order valence-corrected chi connectivity index (χ0v) is 13.5. The molecule has 0 saturated carbocycles. The topological polar surface area (TPSA) is 64.6 Å². The Morgan fingerprint density at radius 3 is 2.20 bits per heavy atom. The van der Waals surface area contributed by atoms with Crippen LogP contribution in [-0.2, 0) is 9.84 Å². The molecule has 0 aromatic heterocycles. The second-order valence-corrected chi connectivity index (χ2v) is 8.29. The van der Waals surface area contributed by atoms with E-state index >= 15 is 0 Å². The third kappa shape index (κ3) is 4.03. The Hall–Kier alpha value is -1.43. The lowest BCUT2D eigenvalue weighted by molar-refractivity contribution is 0.355. The summed E-state index contributed by atoms with van der Waals surface area (Å²) >= 11 is 0. The van der Waals surface area contributed by atoms with Gasteiger partial charge in [0.25, 0.3) is 0 Å². The zero-order chi connectivity index (χ0) is 15.4. The van der Waals surface area contributed by atoms with Crippen LogP contribution in [0, 0.1) is 0 Å². The maximum absolute atomic E-state index is 12.0. The molecule has 1 N–H and O–H groups in total. The number of sulfone groups is 1. The van der Waals surface area contributed by atoms with Crippen molar-refractivity contribution in [1.82, 2.24) is 0 Å². The van der Waals surface area contributed by atoms with E-state index in [1.165, 1.54) is 0 Å². The highest BCUT2D eigenvalue weighted by Crippen LogP contribution is 2.29. The van der Waals surface area contributed by atoms with Crippen molar-refractivity contribution in [3.8, 4) is 11.5 Å². The van der Waals surface area contributed by atoms with Crippen molar-refractivity contribution in [3.63, 3.8) is 0 Å². The smallest absolute Gasteiger partial charge is 0.162 e. The van der Waals surface area contributed by atoms with Gasteiger partial charge in [-0.2, -0.15) is 0 Å². The molecule has 114 valence electrons. The highest BCUT2D eigenvalue weighted by atomic mass is 32.2. The Morgan fingerprint density at radius 1 is 1.10 bits per heavy atom. The minimum absolute atomic E-state index is 0.0881. The van der Waals surface area contributed by atoms with Gasteiger partial charge in [0.1, 0.15) is 0 Å². The van der Waals surface area contributed by atoms with Crippen LogP contribution >= 0.6 is 0 Å². The lowest BCUT2D eigenvalue weighted by Gasteiger charge is -2.19. The minimum Gasteiger partial charge on any atom is -0.493 e. The summed E-state index contributed by atoms with van der Waals surface area (Å²) < 4.78 is 33.6. The van der Waals surface area contributed by atoms with Gasteiger partial charge in [0.15, 0.2) is 21.3 Å². The van der Waals surface area contributed by atoms with Gasteiger partial charge in [-0.15, -0.1) is 0 Å². The molecule has 0 aliphatic rings. The van der Waals surface area contributed by atoms with E-state index < -0.39 is 14.6 Å². The van der Waals surface area contributed by atoms with Crippen LogP contribution in [-0.4, -0.2) is 39.7 Å². The summed E-state index contributed by atoms with van der Waals surface area (Å²) in [7, 11) is 0.0167. The first-order chi connectivity index (χ1) is 9.21. The summed E-state index contributed by atoms with van der Waals surface area (Å²) in [5.41, 5.74) is 0.798. The first kappa shape index (κ1) is 16.6. The van der Waals surface area contributed by atoms with Crippen molar-refractivity contribution in [2.45, 2.75) is 25.5 Å². The van der Waals surface area contributed by atoms with Gasteiger partial charge in [0.05, 0.1) is 24.7 Å². The third-order valence-corrected chi connectivity index (χ3v) is 5.62. The normalized spacial score (nSPS) is 12.1. The van der Waals surface area contributed by atoms with E-state index in [0.717, 1.165) is 5.69 Å². The molecule has 0 fully saturated rings. The molecule has 0 atom stereocenters. The second-order valence-electron chi connectivity index (χ2n) is 5.43. The van der Waals surface area contributed by atoms with E-state index in [0.29, 0.717) is 18.0 Å². The molecule has 0 heterocycles. The number of nitrogens with one attached hydrogen (secondary N) is 1. The van der Waals surface area contributed by atoms with Crippen molar-refractivity contribution in [2.24, 2.45) is 0 Å². The number of ether oxygens (including phenoxy) is 2. The molecular weight excluding hydrogens is 278 g/mol. The Bertz CT molecular complexity index is 547. The largest absolute Gasteiger partial charge is 0.493 e. The van der Waals surface area contributed by atoms with Crippen molar-refractivity contribution < 1.29 is 17.9 Å². The molecule has 0 bridgehead atoms. The van der Waals surface area contributed by atoms with Crippen molar-refractivity contribution in [1.29, 1.82) is 0 Å². The summed E-state index contributed by atoms with van der Waals surface area (Å²) in [6, 6.07) is 5.38.